The summed E-state index contributed by atoms with van der Waals surface area (Å²) >= 11 is 11.1. The first-order valence-electron chi connectivity index (χ1n) is 6.05. The van der Waals surface area contributed by atoms with Crippen molar-refractivity contribution in [3.05, 3.63) is 27.7 Å². The summed E-state index contributed by atoms with van der Waals surface area (Å²) in [4.78, 5) is 0.137. The van der Waals surface area contributed by atoms with Gasteiger partial charge >= 0.3 is 0 Å². The molecule has 1 fully saturated rings. The van der Waals surface area contributed by atoms with Crippen LogP contribution in [0.25, 0.3) is 0 Å². The molecule has 1 aromatic rings. The molecular weight excluding hydrogens is 370 g/mol. The van der Waals surface area contributed by atoms with Crippen LogP contribution < -0.4 is 4.72 Å². The third-order valence-electron chi connectivity index (χ3n) is 2.96. The van der Waals surface area contributed by atoms with Gasteiger partial charge in [0.05, 0.1) is 5.02 Å². The minimum atomic E-state index is -3.52. The summed E-state index contributed by atoms with van der Waals surface area (Å²) in [6.07, 6.45) is 3.48. The predicted molar refractivity (Wildman–Crippen MR) is 84.4 cm³/mol. The fourth-order valence-electron chi connectivity index (χ4n) is 1.94. The molecule has 0 amide bonds. The smallest absolute Gasteiger partial charge is 0.210 e. The van der Waals surface area contributed by atoms with Gasteiger partial charge in [-0.15, -0.1) is 0 Å². The van der Waals surface area contributed by atoms with Crippen LogP contribution in [0.1, 0.15) is 19.3 Å². The standard InChI is InChI=1S/C12H15BrClNO2S2/c13-9-4-5-12(11(14)7-9)19(16,17)15-8-10-3-1-2-6-18-10/h4-5,7,10,15H,1-3,6,8H2. The van der Waals surface area contributed by atoms with Crippen molar-refractivity contribution in [1.82, 2.24) is 4.72 Å². The van der Waals surface area contributed by atoms with Crippen molar-refractivity contribution in [2.75, 3.05) is 12.3 Å². The highest BCUT2D eigenvalue weighted by atomic mass is 79.9. The van der Waals surface area contributed by atoms with Gasteiger partial charge in [0.2, 0.25) is 10.0 Å². The molecule has 1 aromatic carbocycles. The molecule has 2 rings (SSSR count). The van der Waals surface area contributed by atoms with Crippen molar-refractivity contribution < 1.29 is 8.42 Å². The van der Waals surface area contributed by atoms with Crippen molar-refractivity contribution in [3.8, 4) is 0 Å². The zero-order valence-corrected chi connectivity index (χ0v) is 14.2. The quantitative estimate of drug-likeness (QED) is 0.861. The average molecular weight is 385 g/mol. The summed E-state index contributed by atoms with van der Waals surface area (Å²) in [7, 11) is -3.52. The first-order valence-corrected chi connectivity index (χ1v) is 9.75. The van der Waals surface area contributed by atoms with E-state index in [1.54, 1.807) is 12.1 Å². The number of sulfonamides is 1. The summed E-state index contributed by atoms with van der Waals surface area (Å²) in [5.41, 5.74) is 0. The molecule has 1 atom stereocenters. The summed E-state index contributed by atoms with van der Waals surface area (Å²) in [6, 6.07) is 4.78. The molecule has 3 nitrogen and oxygen atoms in total. The van der Waals surface area contributed by atoms with E-state index in [0.29, 0.717) is 11.8 Å². The summed E-state index contributed by atoms with van der Waals surface area (Å²) < 4.78 is 27.8. The number of thioether (sulfide) groups is 1. The zero-order chi connectivity index (χ0) is 13.9. The van der Waals surface area contributed by atoms with Crippen molar-refractivity contribution in [1.29, 1.82) is 0 Å². The van der Waals surface area contributed by atoms with Gasteiger partial charge in [-0.05, 0) is 36.8 Å². The molecule has 0 saturated carbocycles. The molecule has 106 valence electrons. The van der Waals surface area contributed by atoms with E-state index in [9.17, 15) is 8.42 Å². The number of benzene rings is 1. The lowest BCUT2D eigenvalue weighted by Crippen LogP contribution is -2.32. The Kier molecular flexibility index (Phi) is 5.60. The second-order valence-corrected chi connectivity index (χ2v) is 8.88. The summed E-state index contributed by atoms with van der Waals surface area (Å²) in [5, 5.41) is 0.607. The van der Waals surface area contributed by atoms with Gasteiger partial charge < -0.3 is 0 Å². The maximum Gasteiger partial charge on any atom is 0.242 e. The van der Waals surface area contributed by atoms with Crippen molar-refractivity contribution >= 4 is 49.3 Å². The highest BCUT2D eigenvalue weighted by Crippen LogP contribution is 2.27. The van der Waals surface area contributed by atoms with E-state index in [-0.39, 0.29) is 9.92 Å². The molecule has 1 aliphatic rings. The number of hydrogen-bond donors (Lipinski definition) is 1. The third kappa shape index (κ3) is 4.36. The molecule has 7 heteroatoms. The van der Waals surface area contributed by atoms with Gasteiger partial charge in [-0.25, -0.2) is 13.1 Å². The maximum absolute atomic E-state index is 12.2. The van der Waals surface area contributed by atoms with Crippen LogP contribution >= 0.6 is 39.3 Å². The lowest BCUT2D eigenvalue weighted by Gasteiger charge is -2.21. The molecule has 1 N–H and O–H groups in total. The third-order valence-corrected chi connectivity index (χ3v) is 6.76. The monoisotopic (exact) mass is 383 g/mol. The first-order chi connectivity index (χ1) is 8.99. The van der Waals surface area contributed by atoms with E-state index >= 15 is 0 Å². The highest BCUT2D eigenvalue weighted by molar-refractivity contribution is 9.10. The Morgan fingerprint density at radius 2 is 2.21 bits per heavy atom. The number of halogens is 2. The maximum atomic E-state index is 12.2. The summed E-state index contributed by atoms with van der Waals surface area (Å²) in [5.74, 6) is 1.12. The Morgan fingerprint density at radius 1 is 1.42 bits per heavy atom. The molecular formula is C12H15BrClNO2S2. The van der Waals surface area contributed by atoms with Crippen LogP contribution in [0.5, 0.6) is 0 Å². The first kappa shape index (κ1) is 15.6. The fourth-order valence-corrected chi connectivity index (χ4v) is 5.40. The predicted octanol–water partition coefficient (Wildman–Crippen LogP) is 3.67. The minimum absolute atomic E-state index is 0.137. The van der Waals surface area contributed by atoms with Crippen LogP contribution in [-0.2, 0) is 10.0 Å². The average Bonchev–Trinajstić information content (AvgIpc) is 2.37. The van der Waals surface area contributed by atoms with Crippen molar-refractivity contribution in [2.24, 2.45) is 0 Å². The minimum Gasteiger partial charge on any atom is -0.210 e. The van der Waals surface area contributed by atoms with Crippen LogP contribution in [0.4, 0.5) is 0 Å². The van der Waals surface area contributed by atoms with E-state index in [1.807, 2.05) is 11.8 Å². The van der Waals surface area contributed by atoms with Crippen LogP contribution in [0.3, 0.4) is 0 Å². The Hall–Kier alpha value is 0.250. The Bertz CT molecular complexity index is 545. The summed E-state index contributed by atoms with van der Waals surface area (Å²) in [6.45, 7) is 0.472. The van der Waals surface area contributed by atoms with Crippen molar-refractivity contribution in [2.45, 2.75) is 29.4 Å². The van der Waals surface area contributed by atoms with Gasteiger partial charge in [0, 0.05) is 16.3 Å². The van der Waals surface area contributed by atoms with E-state index in [4.69, 9.17) is 11.6 Å². The largest absolute Gasteiger partial charge is 0.242 e. The van der Waals surface area contributed by atoms with Gasteiger partial charge in [-0.1, -0.05) is 34.0 Å². The topological polar surface area (TPSA) is 46.2 Å². The number of nitrogens with one attached hydrogen (secondary N) is 1. The van der Waals surface area contributed by atoms with E-state index in [2.05, 4.69) is 20.7 Å². The lowest BCUT2D eigenvalue weighted by atomic mass is 10.2. The SMILES string of the molecule is O=S(=O)(NCC1CCCCS1)c1ccc(Br)cc1Cl. The second kappa shape index (κ2) is 6.80. The van der Waals surface area contributed by atoms with Gasteiger partial charge in [-0.3, -0.25) is 0 Å². The molecule has 0 radical (unpaired) electrons. The lowest BCUT2D eigenvalue weighted by molar-refractivity contribution is 0.574. The zero-order valence-electron chi connectivity index (χ0n) is 10.2. The molecule has 1 saturated heterocycles. The Morgan fingerprint density at radius 3 is 2.84 bits per heavy atom. The molecule has 1 aliphatic heterocycles. The van der Waals surface area contributed by atoms with Gasteiger partial charge in [-0.2, -0.15) is 11.8 Å². The Labute approximate surface area is 131 Å². The van der Waals surface area contributed by atoms with Crippen LogP contribution in [-0.4, -0.2) is 26.0 Å². The molecule has 0 spiro atoms. The number of rotatable bonds is 4. The Balaban J connectivity index is 2.05. The van der Waals surface area contributed by atoms with Crippen LogP contribution in [0, 0.1) is 0 Å². The molecule has 1 heterocycles. The fraction of sp³-hybridized carbons (Fsp3) is 0.500. The van der Waals surface area contributed by atoms with Crippen LogP contribution in [0.2, 0.25) is 5.02 Å². The molecule has 19 heavy (non-hydrogen) atoms. The van der Waals surface area contributed by atoms with Gasteiger partial charge in [0.1, 0.15) is 4.90 Å². The van der Waals surface area contributed by atoms with Crippen molar-refractivity contribution in [3.63, 3.8) is 0 Å². The molecule has 0 bridgehead atoms. The van der Waals surface area contributed by atoms with E-state index in [0.717, 1.165) is 16.6 Å². The second-order valence-electron chi connectivity index (χ2n) is 4.42. The van der Waals surface area contributed by atoms with Gasteiger partial charge in [0.15, 0.2) is 0 Å². The van der Waals surface area contributed by atoms with E-state index < -0.39 is 10.0 Å². The molecule has 0 aliphatic carbocycles. The van der Waals surface area contributed by atoms with Crippen LogP contribution in [0.15, 0.2) is 27.6 Å². The highest BCUT2D eigenvalue weighted by Gasteiger charge is 2.21. The molecule has 0 aromatic heterocycles. The van der Waals surface area contributed by atoms with Gasteiger partial charge in [0.25, 0.3) is 0 Å². The normalized spacial score (nSPS) is 20.4. The molecule has 1 unspecified atom stereocenters. The van der Waals surface area contributed by atoms with E-state index in [1.165, 1.54) is 18.9 Å². The number of hydrogen-bond acceptors (Lipinski definition) is 3.